The molecule has 30 heavy (non-hydrogen) atoms. The third-order valence-corrected chi connectivity index (χ3v) is 6.58. The Balaban J connectivity index is 1.79. The summed E-state index contributed by atoms with van der Waals surface area (Å²) in [6.45, 7) is 0. The molecule has 5 rings (SSSR count). The molecule has 2 N–H and O–H groups in total. The van der Waals surface area contributed by atoms with Crippen LogP contribution < -0.4 is 0 Å². The van der Waals surface area contributed by atoms with Crippen molar-refractivity contribution < 1.29 is 18.7 Å². The maximum atomic E-state index is 15.2. The van der Waals surface area contributed by atoms with E-state index in [0.29, 0.717) is 21.5 Å². The number of fused-ring (bicyclic) bond motifs is 1. The SMILES string of the molecule is O=C(O)c1cccc(Sc2c(C3CC3)n(-c3cn[nH]c3)c3c(F)c(Cl)ccc23)c1F. The molecule has 5 nitrogen and oxygen atoms in total. The summed E-state index contributed by atoms with van der Waals surface area (Å²) in [5.74, 6) is -2.53. The minimum Gasteiger partial charge on any atom is -0.478 e. The number of aromatic amines is 1. The van der Waals surface area contributed by atoms with Crippen LogP contribution in [0.2, 0.25) is 5.02 Å². The molecule has 9 heteroatoms. The summed E-state index contributed by atoms with van der Waals surface area (Å²) in [5, 5.41) is 16.6. The second kappa shape index (κ2) is 7.14. The van der Waals surface area contributed by atoms with E-state index in [1.54, 1.807) is 23.0 Å². The molecule has 1 saturated carbocycles. The molecule has 1 aliphatic rings. The number of carboxylic acid groups (broad SMARTS) is 1. The smallest absolute Gasteiger partial charge is 0.338 e. The Morgan fingerprint density at radius 2 is 2.03 bits per heavy atom. The lowest BCUT2D eigenvalue weighted by Gasteiger charge is -2.10. The van der Waals surface area contributed by atoms with Gasteiger partial charge < -0.3 is 9.67 Å². The number of hydrogen-bond acceptors (Lipinski definition) is 3. The highest BCUT2D eigenvalue weighted by Gasteiger charge is 2.34. The molecule has 0 radical (unpaired) electrons. The largest absolute Gasteiger partial charge is 0.478 e. The van der Waals surface area contributed by atoms with Crippen molar-refractivity contribution in [2.45, 2.75) is 28.6 Å². The maximum Gasteiger partial charge on any atom is 0.338 e. The second-order valence-corrected chi connectivity index (χ2v) is 8.52. The second-order valence-electron chi connectivity index (χ2n) is 7.06. The van der Waals surface area contributed by atoms with Crippen LogP contribution in [0.1, 0.15) is 34.8 Å². The highest BCUT2D eigenvalue weighted by atomic mass is 35.5. The van der Waals surface area contributed by atoms with Gasteiger partial charge >= 0.3 is 5.97 Å². The molecule has 4 aromatic rings. The number of hydrogen-bond donors (Lipinski definition) is 2. The molecule has 152 valence electrons. The fourth-order valence-corrected chi connectivity index (χ4v) is 4.99. The van der Waals surface area contributed by atoms with Crippen molar-refractivity contribution in [3.05, 3.63) is 70.6 Å². The van der Waals surface area contributed by atoms with E-state index in [1.807, 2.05) is 0 Å². The van der Waals surface area contributed by atoms with Crippen LogP contribution in [-0.4, -0.2) is 25.8 Å². The van der Waals surface area contributed by atoms with Crippen LogP contribution in [-0.2, 0) is 0 Å². The number of aromatic nitrogens is 3. The van der Waals surface area contributed by atoms with Crippen molar-refractivity contribution in [3.8, 4) is 5.69 Å². The monoisotopic (exact) mass is 445 g/mol. The zero-order valence-corrected chi connectivity index (χ0v) is 16.9. The highest BCUT2D eigenvalue weighted by molar-refractivity contribution is 7.99. The van der Waals surface area contributed by atoms with Gasteiger partial charge in [-0.05, 0) is 37.1 Å². The number of aromatic carboxylic acids is 1. The first-order valence-electron chi connectivity index (χ1n) is 9.18. The number of H-pyrrole nitrogens is 1. The molecule has 0 unspecified atom stereocenters. The molecule has 0 spiro atoms. The maximum absolute atomic E-state index is 15.2. The van der Waals surface area contributed by atoms with Gasteiger partial charge in [0.2, 0.25) is 0 Å². The van der Waals surface area contributed by atoms with E-state index in [0.717, 1.165) is 30.3 Å². The number of nitrogens with one attached hydrogen (secondary N) is 1. The van der Waals surface area contributed by atoms with Crippen molar-refractivity contribution in [2.75, 3.05) is 0 Å². The van der Waals surface area contributed by atoms with Crippen LogP contribution in [0.25, 0.3) is 16.6 Å². The van der Waals surface area contributed by atoms with Gasteiger partial charge in [0.1, 0.15) is 0 Å². The van der Waals surface area contributed by atoms with Gasteiger partial charge in [0.05, 0.1) is 28.0 Å². The van der Waals surface area contributed by atoms with Crippen LogP contribution in [0.4, 0.5) is 8.78 Å². The van der Waals surface area contributed by atoms with Crippen LogP contribution in [0, 0.1) is 11.6 Å². The number of benzene rings is 2. The Bertz CT molecular complexity index is 1300. The summed E-state index contributed by atoms with van der Waals surface area (Å²) in [6.07, 6.45) is 5.10. The summed E-state index contributed by atoms with van der Waals surface area (Å²) >= 11 is 7.18. The lowest BCUT2D eigenvalue weighted by atomic mass is 10.2. The van der Waals surface area contributed by atoms with Crippen molar-refractivity contribution in [3.63, 3.8) is 0 Å². The average Bonchev–Trinajstić information content (AvgIpc) is 3.30. The highest BCUT2D eigenvalue weighted by Crippen LogP contribution is 2.51. The summed E-state index contributed by atoms with van der Waals surface area (Å²) in [5.41, 5.74) is 1.39. The molecule has 0 saturated heterocycles. The van der Waals surface area contributed by atoms with Crippen molar-refractivity contribution in [1.29, 1.82) is 0 Å². The first kappa shape index (κ1) is 19.1. The van der Waals surface area contributed by atoms with Crippen LogP contribution in [0.15, 0.2) is 52.5 Å². The standard InChI is InChI=1S/C21H14ClF2N3O2S/c22-14-7-6-13-19(17(14)24)27(11-8-25-26-9-11)18(10-4-5-10)20(13)30-15-3-1-2-12(16(15)23)21(28)29/h1-3,6-10H,4-5H2,(H,25,26)(H,28,29). The van der Waals surface area contributed by atoms with Gasteiger partial charge in [0.25, 0.3) is 0 Å². The Morgan fingerprint density at radius 3 is 2.70 bits per heavy atom. The molecular formula is C21H14ClF2N3O2S. The topological polar surface area (TPSA) is 70.9 Å². The van der Waals surface area contributed by atoms with Crippen molar-refractivity contribution >= 4 is 40.2 Å². The third-order valence-electron chi connectivity index (χ3n) is 5.12. The fraction of sp³-hybridized carbons (Fsp3) is 0.143. The molecule has 0 atom stereocenters. The molecule has 1 fully saturated rings. The molecule has 2 aromatic carbocycles. The molecule has 0 aliphatic heterocycles. The number of nitrogens with zero attached hydrogens (tertiary/aromatic N) is 2. The van der Waals surface area contributed by atoms with Gasteiger partial charge in [-0.3, -0.25) is 5.10 Å². The molecule has 2 heterocycles. The van der Waals surface area contributed by atoms with Crippen molar-refractivity contribution in [2.24, 2.45) is 0 Å². The van der Waals surface area contributed by atoms with Gasteiger partial charge in [-0.2, -0.15) is 5.10 Å². The third kappa shape index (κ3) is 2.98. The van der Waals surface area contributed by atoms with E-state index in [1.165, 1.54) is 24.3 Å². The van der Waals surface area contributed by atoms with Gasteiger partial charge in [0.15, 0.2) is 11.6 Å². The van der Waals surface area contributed by atoms with Gasteiger partial charge in [-0.25, -0.2) is 13.6 Å². The fourth-order valence-electron chi connectivity index (χ4n) is 3.63. The van der Waals surface area contributed by atoms with E-state index >= 15 is 4.39 Å². The molecule has 2 aromatic heterocycles. The Morgan fingerprint density at radius 1 is 1.23 bits per heavy atom. The average molecular weight is 446 g/mol. The summed E-state index contributed by atoms with van der Waals surface area (Å²) in [7, 11) is 0. The summed E-state index contributed by atoms with van der Waals surface area (Å²) < 4.78 is 31.8. The minimum atomic E-state index is -1.34. The van der Waals surface area contributed by atoms with Crippen LogP contribution in [0.5, 0.6) is 0 Å². The Kier molecular flexibility index (Phi) is 4.56. The van der Waals surface area contributed by atoms with E-state index in [2.05, 4.69) is 10.2 Å². The quantitative estimate of drug-likeness (QED) is 0.394. The van der Waals surface area contributed by atoms with E-state index in [9.17, 15) is 14.3 Å². The molecular weight excluding hydrogens is 432 g/mol. The van der Waals surface area contributed by atoms with Crippen LogP contribution >= 0.6 is 23.4 Å². The predicted molar refractivity (Wildman–Crippen MR) is 110 cm³/mol. The summed E-state index contributed by atoms with van der Waals surface area (Å²) in [6, 6.07) is 7.43. The van der Waals surface area contributed by atoms with Crippen LogP contribution in [0.3, 0.4) is 0 Å². The number of halogens is 3. The first-order valence-corrected chi connectivity index (χ1v) is 10.4. The molecule has 0 amide bonds. The van der Waals surface area contributed by atoms with Gasteiger partial charge in [0, 0.05) is 33.0 Å². The lowest BCUT2D eigenvalue weighted by molar-refractivity contribution is 0.0691. The number of carbonyl (C=O) groups is 1. The van der Waals surface area contributed by atoms with Gasteiger partial charge in [-0.15, -0.1) is 0 Å². The predicted octanol–water partition coefficient (Wildman–Crippen LogP) is 6.01. The number of carboxylic acids is 1. The minimum absolute atomic E-state index is 0.0114. The van der Waals surface area contributed by atoms with Crippen molar-refractivity contribution in [1.82, 2.24) is 14.8 Å². The zero-order valence-electron chi connectivity index (χ0n) is 15.3. The van der Waals surface area contributed by atoms with Gasteiger partial charge in [-0.1, -0.05) is 29.4 Å². The lowest BCUT2D eigenvalue weighted by Crippen LogP contribution is -2.02. The Hall–Kier alpha value is -2.84. The normalized spacial score (nSPS) is 13.8. The van der Waals surface area contributed by atoms with E-state index < -0.39 is 23.2 Å². The van der Waals surface area contributed by atoms with E-state index in [4.69, 9.17) is 11.6 Å². The molecule has 0 bridgehead atoms. The zero-order chi connectivity index (χ0) is 21.0. The molecule has 1 aliphatic carbocycles. The van der Waals surface area contributed by atoms with E-state index in [-0.39, 0.29) is 15.8 Å². The summed E-state index contributed by atoms with van der Waals surface area (Å²) in [4.78, 5) is 12.2. The first-order chi connectivity index (χ1) is 14.5. The Labute approximate surface area is 178 Å². The number of rotatable bonds is 5.